The van der Waals surface area contributed by atoms with Crippen LogP contribution in [0.15, 0.2) is 18.2 Å². The van der Waals surface area contributed by atoms with E-state index >= 15 is 0 Å². The Morgan fingerprint density at radius 1 is 1.53 bits per heavy atom. The van der Waals surface area contributed by atoms with Gasteiger partial charge in [0.05, 0.1) is 22.6 Å². The number of nitro groups is 1. The van der Waals surface area contributed by atoms with Gasteiger partial charge >= 0.3 is 6.09 Å². The van der Waals surface area contributed by atoms with Crippen LogP contribution in [0.2, 0.25) is 0 Å². The highest BCUT2D eigenvalue weighted by molar-refractivity contribution is 5.69. The number of rotatable bonds is 2. The molecule has 2 rings (SSSR count). The molecule has 1 N–H and O–H groups in total. The van der Waals surface area contributed by atoms with E-state index in [4.69, 9.17) is 4.74 Å². The molecule has 6 nitrogen and oxygen atoms in total. The Morgan fingerprint density at radius 2 is 2.21 bits per heavy atom. The highest BCUT2D eigenvalue weighted by Gasteiger charge is 2.41. The number of alkyl carbamates (subject to hydrolysis) is 1. The molecule has 1 saturated heterocycles. The largest absolute Gasteiger partial charge is 0.449 e. The Balaban J connectivity index is 2.50. The van der Waals surface area contributed by atoms with Gasteiger partial charge in [0.25, 0.3) is 5.69 Å². The molecular weight excluding hydrogens is 255 g/mol. The number of halogens is 1. The molecule has 1 aromatic carbocycles. The zero-order valence-electron chi connectivity index (χ0n) is 10.5. The number of ether oxygens (including phenoxy) is 1. The number of carbonyl (C=O) groups is 1. The van der Waals surface area contributed by atoms with Crippen LogP contribution in [0.1, 0.15) is 25.5 Å². The van der Waals surface area contributed by atoms with Crippen LogP contribution in [0.25, 0.3) is 0 Å². The van der Waals surface area contributed by atoms with Crippen molar-refractivity contribution in [3.05, 3.63) is 39.7 Å². The summed E-state index contributed by atoms with van der Waals surface area (Å²) >= 11 is 0. The van der Waals surface area contributed by atoms with Gasteiger partial charge in [0.15, 0.2) is 0 Å². The minimum atomic E-state index is -0.688. The van der Waals surface area contributed by atoms with E-state index < -0.39 is 28.3 Å². The van der Waals surface area contributed by atoms with Crippen LogP contribution in [0, 0.1) is 21.3 Å². The monoisotopic (exact) mass is 268 g/mol. The van der Waals surface area contributed by atoms with Crippen LogP contribution in [-0.2, 0) is 4.74 Å². The third-order valence-electron chi connectivity index (χ3n) is 3.12. The average molecular weight is 268 g/mol. The summed E-state index contributed by atoms with van der Waals surface area (Å²) in [5.74, 6) is -0.688. The van der Waals surface area contributed by atoms with E-state index in [1.165, 1.54) is 6.07 Å². The van der Waals surface area contributed by atoms with Crippen molar-refractivity contribution in [3.8, 4) is 0 Å². The van der Waals surface area contributed by atoms with Crippen LogP contribution in [-0.4, -0.2) is 17.6 Å². The van der Waals surface area contributed by atoms with Gasteiger partial charge in [-0.15, -0.1) is 0 Å². The number of nitro benzene ring substituents is 1. The third kappa shape index (κ3) is 2.49. The Labute approximate surface area is 108 Å². The first-order chi connectivity index (χ1) is 8.81. The van der Waals surface area contributed by atoms with Gasteiger partial charge in [0, 0.05) is 5.41 Å². The number of amides is 1. The van der Waals surface area contributed by atoms with E-state index in [0.29, 0.717) is 0 Å². The first-order valence-electron chi connectivity index (χ1n) is 5.68. The van der Waals surface area contributed by atoms with Gasteiger partial charge in [-0.05, 0) is 12.1 Å². The smallest absolute Gasteiger partial charge is 0.407 e. The number of hydrogen-bond donors (Lipinski definition) is 1. The molecule has 1 aliphatic heterocycles. The van der Waals surface area contributed by atoms with Crippen LogP contribution in [0.5, 0.6) is 0 Å². The number of carbonyl (C=O) groups excluding carboxylic acids is 1. The molecule has 0 aliphatic carbocycles. The minimum Gasteiger partial charge on any atom is -0.449 e. The highest BCUT2D eigenvalue weighted by Crippen LogP contribution is 2.40. The van der Waals surface area contributed by atoms with Crippen molar-refractivity contribution in [2.24, 2.45) is 5.41 Å². The van der Waals surface area contributed by atoms with Crippen molar-refractivity contribution >= 4 is 11.8 Å². The number of hydrogen-bond acceptors (Lipinski definition) is 4. The molecule has 19 heavy (non-hydrogen) atoms. The molecule has 1 aliphatic rings. The van der Waals surface area contributed by atoms with E-state index in [-0.39, 0.29) is 17.9 Å². The van der Waals surface area contributed by atoms with Gasteiger partial charge in [-0.2, -0.15) is 0 Å². The van der Waals surface area contributed by atoms with Crippen molar-refractivity contribution < 1.29 is 18.8 Å². The summed E-state index contributed by atoms with van der Waals surface area (Å²) in [4.78, 5) is 21.7. The quantitative estimate of drug-likeness (QED) is 0.660. The third-order valence-corrected chi connectivity index (χ3v) is 3.12. The lowest BCUT2D eigenvalue weighted by Crippen LogP contribution is -2.47. The summed E-state index contributed by atoms with van der Waals surface area (Å²) in [6.07, 6.45) is -0.636. The predicted molar refractivity (Wildman–Crippen MR) is 64.1 cm³/mol. The minimum absolute atomic E-state index is 0.137. The molecule has 1 amide bonds. The maximum absolute atomic E-state index is 13.1. The normalized spacial score (nSPS) is 21.4. The van der Waals surface area contributed by atoms with Crippen molar-refractivity contribution in [3.63, 3.8) is 0 Å². The van der Waals surface area contributed by atoms with Crippen molar-refractivity contribution in [1.82, 2.24) is 5.32 Å². The number of nitrogens with zero attached hydrogens (tertiary/aromatic N) is 1. The fraction of sp³-hybridized carbons (Fsp3) is 0.417. The molecule has 0 saturated carbocycles. The molecule has 0 aromatic heterocycles. The number of cyclic esters (lactones) is 1. The van der Waals surface area contributed by atoms with Crippen LogP contribution < -0.4 is 5.32 Å². The Bertz CT molecular complexity index is 545. The zero-order chi connectivity index (χ0) is 14.2. The summed E-state index contributed by atoms with van der Waals surface area (Å²) in [6, 6.07) is 2.72. The number of benzene rings is 1. The molecule has 1 atom stereocenters. The van der Waals surface area contributed by atoms with E-state index in [0.717, 1.165) is 12.1 Å². The van der Waals surface area contributed by atoms with Gasteiger partial charge in [-0.3, -0.25) is 10.1 Å². The van der Waals surface area contributed by atoms with Crippen molar-refractivity contribution in [1.29, 1.82) is 0 Å². The first-order valence-corrected chi connectivity index (χ1v) is 5.68. The molecule has 7 heteroatoms. The Kier molecular flexibility index (Phi) is 3.13. The lowest BCUT2D eigenvalue weighted by molar-refractivity contribution is -0.386. The highest BCUT2D eigenvalue weighted by atomic mass is 19.1. The summed E-state index contributed by atoms with van der Waals surface area (Å²) < 4.78 is 18.0. The lowest BCUT2D eigenvalue weighted by Gasteiger charge is -2.38. The molecule has 1 aromatic rings. The standard InChI is InChI=1S/C12H13FN2O4/c1-12(2)6-19-11(16)14-10(12)8-4-3-7(13)5-9(8)15(17)18/h3-5,10H,6H2,1-2H3,(H,14,16)/t10-/m1/s1. The van der Waals surface area contributed by atoms with Crippen molar-refractivity contribution in [2.75, 3.05) is 6.61 Å². The summed E-state index contributed by atoms with van der Waals surface area (Å²) in [6.45, 7) is 3.76. The molecule has 0 spiro atoms. The molecule has 0 bridgehead atoms. The number of nitrogens with one attached hydrogen (secondary N) is 1. The predicted octanol–water partition coefficient (Wildman–Crippen LogP) is 2.54. The van der Waals surface area contributed by atoms with Crippen LogP contribution >= 0.6 is 0 Å². The fourth-order valence-electron chi connectivity index (χ4n) is 2.11. The van der Waals surface area contributed by atoms with Crippen LogP contribution in [0.4, 0.5) is 14.9 Å². The zero-order valence-corrected chi connectivity index (χ0v) is 10.5. The summed E-state index contributed by atoms with van der Waals surface area (Å²) in [7, 11) is 0. The molecular formula is C12H13FN2O4. The van der Waals surface area contributed by atoms with Gasteiger partial charge in [-0.25, -0.2) is 9.18 Å². The van der Waals surface area contributed by atoms with Gasteiger partial charge < -0.3 is 10.1 Å². The second-order valence-electron chi connectivity index (χ2n) is 5.10. The molecule has 102 valence electrons. The van der Waals surface area contributed by atoms with E-state index in [1.807, 2.05) is 13.8 Å². The van der Waals surface area contributed by atoms with E-state index in [1.54, 1.807) is 0 Å². The fourth-order valence-corrected chi connectivity index (χ4v) is 2.11. The van der Waals surface area contributed by atoms with Gasteiger partial charge in [-0.1, -0.05) is 13.8 Å². The maximum Gasteiger partial charge on any atom is 0.407 e. The van der Waals surface area contributed by atoms with E-state index in [2.05, 4.69) is 5.32 Å². The maximum atomic E-state index is 13.1. The van der Waals surface area contributed by atoms with Crippen LogP contribution in [0.3, 0.4) is 0 Å². The average Bonchev–Trinajstić information content (AvgIpc) is 2.32. The second-order valence-corrected chi connectivity index (χ2v) is 5.10. The van der Waals surface area contributed by atoms with Gasteiger partial charge in [0.1, 0.15) is 12.4 Å². The first kappa shape index (κ1) is 13.3. The second kappa shape index (κ2) is 4.49. The summed E-state index contributed by atoms with van der Waals surface area (Å²) in [5.41, 5.74) is -0.607. The Hall–Kier alpha value is -2.18. The molecule has 1 fully saturated rings. The Morgan fingerprint density at radius 3 is 2.84 bits per heavy atom. The molecule has 1 heterocycles. The SMILES string of the molecule is CC1(C)COC(=O)N[C@@H]1c1ccc(F)cc1[N+](=O)[O-]. The van der Waals surface area contributed by atoms with Crippen molar-refractivity contribution in [2.45, 2.75) is 19.9 Å². The molecule has 0 unspecified atom stereocenters. The summed E-state index contributed by atoms with van der Waals surface area (Å²) in [5, 5.41) is 13.6. The lowest BCUT2D eigenvalue weighted by atomic mass is 9.80. The van der Waals surface area contributed by atoms with E-state index in [9.17, 15) is 19.3 Å². The topological polar surface area (TPSA) is 81.5 Å². The molecule has 0 radical (unpaired) electrons. The van der Waals surface area contributed by atoms with Gasteiger partial charge in [0.2, 0.25) is 0 Å².